The molecule has 0 aliphatic carbocycles. The molecule has 6 atom stereocenters. The van der Waals surface area contributed by atoms with Gasteiger partial charge in [-0.2, -0.15) is 0 Å². The van der Waals surface area contributed by atoms with E-state index in [4.69, 9.17) is 18.9 Å². The molecule has 0 bridgehead atoms. The van der Waals surface area contributed by atoms with Crippen LogP contribution in [0.5, 0.6) is 0 Å². The summed E-state index contributed by atoms with van der Waals surface area (Å²) in [6.45, 7) is 0. The summed E-state index contributed by atoms with van der Waals surface area (Å²) in [7, 11) is 0. The molecule has 6 heteroatoms. The van der Waals surface area contributed by atoms with Crippen molar-refractivity contribution in [3.8, 4) is 0 Å². The van der Waals surface area contributed by atoms with Gasteiger partial charge in [0.1, 0.15) is 6.10 Å². The molecule has 0 aromatic heterocycles. The third-order valence-corrected chi connectivity index (χ3v) is 3.62. The fraction of sp³-hybridized carbons (Fsp3) is 0.462. The minimum Gasteiger partial charge on any atom is -0.454 e. The van der Waals surface area contributed by atoms with Gasteiger partial charge in [-0.3, -0.25) is 0 Å². The van der Waals surface area contributed by atoms with Crippen LogP contribution in [0.2, 0.25) is 0 Å². The van der Waals surface area contributed by atoms with Crippen LogP contribution in [0.25, 0.3) is 0 Å². The topological polar surface area (TPSA) is 74.2 Å². The third kappa shape index (κ3) is 1.61. The van der Waals surface area contributed by atoms with Gasteiger partial charge < -0.3 is 24.1 Å². The van der Waals surface area contributed by atoms with E-state index in [-0.39, 0.29) is 0 Å². The van der Waals surface area contributed by atoms with Crippen LogP contribution < -0.4 is 0 Å². The quantitative estimate of drug-likeness (QED) is 0.726. The number of hydrogen-bond donors (Lipinski definition) is 1. The van der Waals surface area contributed by atoms with Crippen molar-refractivity contribution in [1.29, 1.82) is 0 Å². The van der Waals surface area contributed by atoms with Crippen LogP contribution in [-0.4, -0.2) is 41.8 Å². The fourth-order valence-corrected chi connectivity index (χ4v) is 2.69. The zero-order valence-electron chi connectivity index (χ0n) is 9.84. The standard InChI is InChI=1S/C13H12O6/c14-7-8-9(16-11(7)15)10-13(17-8)19-12(18-10)6-4-2-1-3-5-6/h1-5,7-10,12-14H/t7-,8-,9+,10-,12-,13-/m1/s1. The maximum absolute atomic E-state index is 11.3. The largest absolute Gasteiger partial charge is 0.454 e. The highest BCUT2D eigenvalue weighted by Gasteiger charge is 2.61. The number of hydrogen-bond acceptors (Lipinski definition) is 6. The average molecular weight is 264 g/mol. The van der Waals surface area contributed by atoms with Gasteiger partial charge in [-0.15, -0.1) is 0 Å². The van der Waals surface area contributed by atoms with Crippen molar-refractivity contribution >= 4 is 5.97 Å². The maximum atomic E-state index is 11.3. The Morgan fingerprint density at radius 3 is 2.53 bits per heavy atom. The summed E-state index contributed by atoms with van der Waals surface area (Å²) < 4.78 is 22.0. The molecule has 0 radical (unpaired) electrons. The van der Waals surface area contributed by atoms with E-state index < -0.39 is 43.0 Å². The Labute approximate surface area is 108 Å². The molecular weight excluding hydrogens is 252 g/mol. The van der Waals surface area contributed by atoms with Crippen LogP contribution in [-0.2, 0) is 23.7 Å². The van der Waals surface area contributed by atoms with Crippen molar-refractivity contribution in [2.45, 2.75) is 37.0 Å². The molecule has 1 aromatic carbocycles. The van der Waals surface area contributed by atoms with Gasteiger partial charge in [0.05, 0.1) is 0 Å². The number of esters is 1. The van der Waals surface area contributed by atoms with E-state index in [1.807, 2.05) is 30.3 Å². The molecule has 0 amide bonds. The number of fused-ring (bicyclic) bond motifs is 3. The first-order valence-corrected chi connectivity index (χ1v) is 6.14. The second kappa shape index (κ2) is 4.01. The second-order valence-corrected chi connectivity index (χ2v) is 4.79. The van der Waals surface area contributed by atoms with Crippen molar-refractivity contribution in [3.05, 3.63) is 35.9 Å². The van der Waals surface area contributed by atoms with Crippen molar-refractivity contribution in [2.75, 3.05) is 0 Å². The van der Waals surface area contributed by atoms with E-state index in [1.54, 1.807) is 0 Å². The summed E-state index contributed by atoms with van der Waals surface area (Å²) in [5.41, 5.74) is 0.877. The van der Waals surface area contributed by atoms with Crippen LogP contribution in [0.15, 0.2) is 30.3 Å². The molecule has 4 rings (SSSR count). The van der Waals surface area contributed by atoms with Crippen LogP contribution in [0.1, 0.15) is 11.9 Å². The predicted molar refractivity (Wildman–Crippen MR) is 59.7 cm³/mol. The van der Waals surface area contributed by atoms with Gasteiger partial charge in [0.15, 0.2) is 30.9 Å². The molecule has 1 aromatic rings. The third-order valence-electron chi connectivity index (χ3n) is 3.62. The second-order valence-electron chi connectivity index (χ2n) is 4.79. The van der Waals surface area contributed by atoms with Gasteiger partial charge in [-0.05, 0) is 0 Å². The van der Waals surface area contributed by atoms with E-state index in [9.17, 15) is 9.90 Å². The molecule has 3 aliphatic rings. The normalized spacial score (nSPS) is 43.9. The average Bonchev–Trinajstić information content (AvgIpc) is 3.05. The molecular formula is C13H12O6. The van der Waals surface area contributed by atoms with Crippen molar-refractivity contribution in [3.63, 3.8) is 0 Å². The van der Waals surface area contributed by atoms with Gasteiger partial charge in [0.25, 0.3) is 0 Å². The van der Waals surface area contributed by atoms with E-state index in [2.05, 4.69) is 0 Å². The molecule has 3 saturated heterocycles. The molecule has 3 aliphatic heterocycles. The molecule has 0 unspecified atom stereocenters. The number of aliphatic hydroxyl groups excluding tert-OH is 1. The zero-order chi connectivity index (χ0) is 13.0. The Bertz CT molecular complexity index is 503. The van der Waals surface area contributed by atoms with E-state index in [1.165, 1.54) is 0 Å². The highest BCUT2D eigenvalue weighted by molar-refractivity contribution is 5.78. The SMILES string of the molecule is O=C1O[C@@H]2[C@H]3O[C@@H](c4ccccc4)O[C@H]3O[C@@H]2[C@H]1O. The number of carbonyl (C=O) groups excluding carboxylic acids is 1. The molecule has 100 valence electrons. The lowest BCUT2D eigenvalue weighted by atomic mass is 10.1. The summed E-state index contributed by atoms with van der Waals surface area (Å²) >= 11 is 0. The van der Waals surface area contributed by atoms with Gasteiger partial charge in [0, 0.05) is 5.56 Å². The van der Waals surface area contributed by atoms with Gasteiger partial charge in [-0.25, -0.2) is 4.79 Å². The molecule has 0 saturated carbocycles. The number of aliphatic hydroxyl groups is 1. The molecule has 3 heterocycles. The first-order valence-electron chi connectivity index (χ1n) is 6.14. The van der Waals surface area contributed by atoms with Gasteiger partial charge in [0.2, 0.25) is 0 Å². The van der Waals surface area contributed by atoms with Crippen LogP contribution >= 0.6 is 0 Å². The number of benzene rings is 1. The molecule has 19 heavy (non-hydrogen) atoms. The van der Waals surface area contributed by atoms with E-state index in [0.717, 1.165) is 5.56 Å². The molecule has 6 nitrogen and oxygen atoms in total. The minimum atomic E-state index is -1.25. The monoisotopic (exact) mass is 264 g/mol. The summed E-state index contributed by atoms with van der Waals surface area (Å²) in [5.74, 6) is -0.666. The fourth-order valence-electron chi connectivity index (χ4n) is 2.69. The first-order chi connectivity index (χ1) is 9.24. The summed E-state index contributed by atoms with van der Waals surface area (Å²) in [5, 5.41) is 9.60. The zero-order valence-corrected chi connectivity index (χ0v) is 9.84. The Hall–Kier alpha value is -1.47. The van der Waals surface area contributed by atoms with Crippen molar-refractivity contribution in [1.82, 2.24) is 0 Å². The summed E-state index contributed by atoms with van der Waals surface area (Å²) in [4.78, 5) is 11.3. The lowest BCUT2D eigenvalue weighted by Crippen LogP contribution is -2.32. The minimum absolute atomic E-state index is 0.490. The number of carbonyl (C=O) groups is 1. The smallest absolute Gasteiger partial charge is 0.338 e. The molecule has 0 spiro atoms. The number of ether oxygens (including phenoxy) is 4. The highest BCUT2D eigenvalue weighted by Crippen LogP contribution is 2.43. The van der Waals surface area contributed by atoms with Gasteiger partial charge in [-0.1, -0.05) is 30.3 Å². The first kappa shape index (κ1) is 11.4. The van der Waals surface area contributed by atoms with Crippen molar-refractivity contribution in [2.24, 2.45) is 0 Å². The van der Waals surface area contributed by atoms with Crippen LogP contribution in [0, 0.1) is 0 Å². The Morgan fingerprint density at radius 2 is 1.74 bits per heavy atom. The Morgan fingerprint density at radius 1 is 0.947 bits per heavy atom. The van der Waals surface area contributed by atoms with Crippen molar-refractivity contribution < 1.29 is 28.8 Å². The lowest BCUT2D eigenvalue weighted by Gasteiger charge is -2.16. The van der Waals surface area contributed by atoms with Crippen LogP contribution in [0.3, 0.4) is 0 Å². The van der Waals surface area contributed by atoms with Gasteiger partial charge >= 0.3 is 5.97 Å². The Kier molecular flexibility index (Phi) is 2.40. The van der Waals surface area contributed by atoms with E-state index in [0.29, 0.717) is 0 Å². The van der Waals surface area contributed by atoms with Crippen LogP contribution in [0.4, 0.5) is 0 Å². The predicted octanol–water partition coefficient (Wildman–Crippen LogP) is 0.112. The maximum Gasteiger partial charge on any atom is 0.338 e. The molecule has 3 fully saturated rings. The summed E-state index contributed by atoms with van der Waals surface area (Å²) in [6.07, 6.45) is -4.17. The highest BCUT2D eigenvalue weighted by atomic mass is 16.8. The lowest BCUT2D eigenvalue weighted by molar-refractivity contribution is -0.173. The number of rotatable bonds is 1. The van der Waals surface area contributed by atoms with E-state index >= 15 is 0 Å². The molecule has 1 N–H and O–H groups in total. The Balaban J connectivity index is 1.54. The summed E-state index contributed by atoms with van der Waals surface area (Å²) in [6, 6.07) is 9.46.